The quantitative estimate of drug-likeness (QED) is 0.245. The minimum Gasteiger partial charge on any atom is -0.444 e. The molecular formula is C30H34FN7O4S. The van der Waals surface area contributed by atoms with E-state index in [-0.39, 0.29) is 22.8 Å². The molecule has 13 heteroatoms. The summed E-state index contributed by atoms with van der Waals surface area (Å²) in [5.41, 5.74) is 2.30. The number of sulfonamides is 1. The molecule has 5 rings (SSSR count). The van der Waals surface area contributed by atoms with Gasteiger partial charge in [-0.25, -0.2) is 29.1 Å². The first-order chi connectivity index (χ1) is 20.4. The van der Waals surface area contributed by atoms with Crippen LogP contribution in [0.25, 0.3) is 22.3 Å². The number of ether oxygens (including phenoxy) is 1. The summed E-state index contributed by atoms with van der Waals surface area (Å²) in [6.07, 6.45) is 5.90. The standard InChI is InChI=1S/C30H34FN7O4S/c1-18-15-24(19-8-13-23(22(31)16-19)38-43(40,41)26-7-5-6-14-32-26)36-25-17-33-28(37-27(18)25)34-20-9-11-21(12-10-20)35-29(39)42-30(2,3)4/h5-8,13-17,20-21,38H,9-12H2,1-4H3,(H,35,39)(H,33,34,37)/t20-,21-. The number of benzene rings is 1. The van der Waals surface area contributed by atoms with Gasteiger partial charge in [0.25, 0.3) is 10.0 Å². The Balaban J connectivity index is 1.24. The van der Waals surface area contributed by atoms with Crippen LogP contribution in [0.1, 0.15) is 52.0 Å². The Hall–Kier alpha value is -4.39. The number of rotatable bonds is 7. The van der Waals surface area contributed by atoms with Gasteiger partial charge in [-0.15, -0.1) is 0 Å². The average Bonchev–Trinajstić information content (AvgIpc) is 2.95. The zero-order valence-corrected chi connectivity index (χ0v) is 25.2. The van der Waals surface area contributed by atoms with E-state index in [1.54, 1.807) is 24.4 Å². The maximum atomic E-state index is 15.0. The Labute approximate surface area is 249 Å². The van der Waals surface area contributed by atoms with Crippen LogP contribution in [0.3, 0.4) is 0 Å². The second kappa shape index (κ2) is 12.1. The van der Waals surface area contributed by atoms with Crippen molar-refractivity contribution in [2.24, 2.45) is 0 Å². The van der Waals surface area contributed by atoms with Crippen molar-refractivity contribution in [1.82, 2.24) is 25.3 Å². The van der Waals surface area contributed by atoms with E-state index < -0.39 is 27.5 Å². The van der Waals surface area contributed by atoms with E-state index in [0.717, 1.165) is 31.2 Å². The molecule has 0 saturated heterocycles. The summed E-state index contributed by atoms with van der Waals surface area (Å²) in [4.78, 5) is 29.7. The van der Waals surface area contributed by atoms with Crippen molar-refractivity contribution >= 4 is 38.8 Å². The van der Waals surface area contributed by atoms with E-state index in [1.807, 2.05) is 27.7 Å². The lowest BCUT2D eigenvalue weighted by molar-refractivity contribution is 0.0492. The highest BCUT2D eigenvalue weighted by molar-refractivity contribution is 7.92. The van der Waals surface area contributed by atoms with Gasteiger partial charge < -0.3 is 15.4 Å². The van der Waals surface area contributed by atoms with Crippen molar-refractivity contribution in [3.05, 3.63) is 66.2 Å². The molecule has 1 amide bonds. The van der Waals surface area contributed by atoms with Gasteiger partial charge >= 0.3 is 6.09 Å². The second-order valence-corrected chi connectivity index (χ2v) is 13.2. The van der Waals surface area contributed by atoms with E-state index in [4.69, 9.17) is 4.74 Å². The van der Waals surface area contributed by atoms with Gasteiger partial charge in [0, 0.05) is 23.8 Å². The molecule has 3 heterocycles. The highest BCUT2D eigenvalue weighted by Crippen LogP contribution is 2.28. The number of nitrogens with zero attached hydrogens (tertiary/aromatic N) is 4. The summed E-state index contributed by atoms with van der Waals surface area (Å²) in [6, 6.07) is 10.7. The Bertz CT molecular complexity index is 1740. The van der Waals surface area contributed by atoms with Gasteiger partial charge in [0.2, 0.25) is 5.95 Å². The SMILES string of the molecule is Cc1cc(-c2ccc(NS(=O)(=O)c3ccccn3)c(F)c2)nc2cnc(N[C@H]3CC[C@H](NC(=O)OC(C)(C)C)CC3)nc12. The van der Waals surface area contributed by atoms with Gasteiger partial charge in [0.1, 0.15) is 16.9 Å². The summed E-state index contributed by atoms with van der Waals surface area (Å²) >= 11 is 0. The van der Waals surface area contributed by atoms with Crippen molar-refractivity contribution in [3.8, 4) is 11.3 Å². The molecule has 3 N–H and O–H groups in total. The summed E-state index contributed by atoms with van der Waals surface area (Å²) in [6.45, 7) is 7.41. The van der Waals surface area contributed by atoms with Crippen LogP contribution >= 0.6 is 0 Å². The molecule has 226 valence electrons. The molecule has 3 aromatic heterocycles. The van der Waals surface area contributed by atoms with Crippen molar-refractivity contribution in [2.75, 3.05) is 10.0 Å². The van der Waals surface area contributed by atoms with Crippen LogP contribution in [0.15, 0.2) is 59.9 Å². The first-order valence-electron chi connectivity index (χ1n) is 14.0. The predicted molar refractivity (Wildman–Crippen MR) is 162 cm³/mol. The van der Waals surface area contributed by atoms with E-state index in [1.165, 1.54) is 30.5 Å². The van der Waals surface area contributed by atoms with Gasteiger partial charge in [0.05, 0.1) is 23.1 Å². The lowest BCUT2D eigenvalue weighted by atomic mass is 9.91. The minimum atomic E-state index is -4.04. The summed E-state index contributed by atoms with van der Waals surface area (Å²) in [5, 5.41) is 6.14. The van der Waals surface area contributed by atoms with Gasteiger partial charge in [-0.3, -0.25) is 4.72 Å². The number of carbonyl (C=O) groups is 1. The number of fused-ring (bicyclic) bond motifs is 1. The largest absolute Gasteiger partial charge is 0.444 e. The second-order valence-electron chi connectivity index (χ2n) is 11.6. The molecule has 1 fully saturated rings. The van der Waals surface area contributed by atoms with Crippen molar-refractivity contribution in [1.29, 1.82) is 0 Å². The molecular weight excluding hydrogens is 573 g/mol. The number of hydrogen-bond acceptors (Lipinski definition) is 9. The molecule has 1 aliphatic rings. The van der Waals surface area contributed by atoms with E-state index >= 15 is 0 Å². The third-order valence-corrected chi connectivity index (χ3v) is 8.22. The summed E-state index contributed by atoms with van der Waals surface area (Å²) in [5.74, 6) is -0.257. The zero-order chi connectivity index (χ0) is 30.8. The molecule has 1 aromatic carbocycles. The maximum Gasteiger partial charge on any atom is 0.407 e. The third kappa shape index (κ3) is 7.53. The monoisotopic (exact) mass is 607 g/mol. The van der Waals surface area contributed by atoms with E-state index in [9.17, 15) is 17.6 Å². The fourth-order valence-electron chi connectivity index (χ4n) is 4.90. The van der Waals surface area contributed by atoms with Crippen LogP contribution in [0, 0.1) is 12.7 Å². The van der Waals surface area contributed by atoms with Crippen LogP contribution in [-0.4, -0.2) is 52.1 Å². The number of nitrogens with one attached hydrogen (secondary N) is 3. The topological polar surface area (TPSA) is 148 Å². The molecule has 0 bridgehead atoms. The number of anilines is 2. The number of hydrogen-bond donors (Lipinski definition) is 3. The molecule has 1 saturated carbocycles. The van der Waals surface area contributed by atoms with Crippen molar-refractivity contribution < 1.29 is 22.3 Å². The molecule has 0 radical (unpaired) electrons. The first kappa shape index (κ1) is 30.1. The Morgan fingerprint density at radius 2 is 1.74 bits per heavy atom. The Morgan fingerprint density at radius 1 is 1.00 bits per heavy atom. The Kier molecular flexibility index (Phi) is 8.45. The zero-order valence-electron chi connectivity index (χ0n) is 24.4. The summed E-state index contributed by atoms with van der Waals surface area (Å²) < 4.78 is 47.7. The molecule has 4 aromatic rings. The van der Waals surface area contributed by atoms with Gasteiger partial charge in [-0.2, -0.15) is 8.42 Å². The molecule has 0 spiro atoms. The molecule has 1 aliphatic carbocycles. The fourth-order valence-corrected chi connectivity index (χ4v) is 5.92. The predicted octanol–water partition coefficient (Wildman–Crippen LogP) is 5.58. The number of carbonyl (C=O) groups excluding carboxylic acids is 1. The lowest BCUT2D eigenvalue weighted by Gasteiger charge is -2.30. The number of aryl methyl sites for hydroxylation is 1. The van der Waals surface area contributed by atoms with Crippen LogP contribution < -0.4 is 15.4 Å². The molecule has 0 unspecified atom stereocenters. The maximum absolute atomic E-state index is 15.0. The average molecular weight is 608 g/mol. The highest BCUT2D eigenvalue weighted by atomic mass is 32.2. The smallest absolute Gasteiger partial charge is 0.407 e. The molecule has 0 aliphatic heterocycles. The van der Waals surface area contributed by atoms with Crippen LogP contribution in [0.2, 0.25) is 0 Å². The van der Waals surface area contributed by atoms with Crippen LogP contribution in [-0.2, 0) is 14.8 Å². The fraction of sp³-hybridized carbons (Fsp3) is 0.367. The number of amides is 1. The van der Waals surface area contributed by atoms with Crippen LogP contribution in [0.4, 0.5) is 20.8 Å². The number of halogens is 1. The van der Waals surface area contributed by atoms with E-state index in [0.29, 0.717) is 28.2 Å². The highest BCUT2D eigenvalue weighted by Gasteiger charge is 2.25. The third-order valence-electron chi connectivity index (χ3n) is 6.94. The minimum absolute atomic E-state index is 0.0650. The Morgan fingerprint density at radius 3 is 2.42 bits per heavy atom. The van der Waals surface area contributed by atoms with Gasteiger partial charge in [-0.05, 0) is 89.3 Å². The van der Waals surface area contributed by atoms with Crippen molar-refractivity contribution in [2.45, 2.75) is 76.1 Å². The molecule has 0 atom stereocenters. The van der Waals surface area contributed by atoms with Gasteiger partial charge in [0.15, 0.2) is 5.03 Å². The number of pyridine rings is 2. The molecule has 11 nitrogen and oxygen atoms in total. The van der Waals surface area contributed by atoms with Crippen molar-refractivity contribution in [3.63, 3.8) is 0 Å². The lowest BCUT2D eigenvalue weighted by Crippen LogP contribution is -2.42. The first-order valence-corrected chi connectivity index (χ1v) is 15.5. The number of alkyl carbamates (subject to hydrolysis) is 1. The number of aromatic nitrogens is 4. The normalized spacial score (nSPS) is 17.3. The van der Waals surface area contributed by atoms with Gasteiger partial charge in [-0.1, -0.05) is 12.1 Å². The van der Waals surface area contributed by atoms with E-state index in [2.05, 4.69) is 35.3 Å². The van der Waals surface area contributed by atoms with Crippen LogP contribution in [0.5, 0.6) is 0 Å². The molecule has 43 heavy (non-hydrogen) atoms. The summed E-state index contributed by atoms with van der Waals surface area (Å²) in [7, 11) is -4.04.